The standard InChI is InChI=1S/C25H23N3O4S/c1-27(21-13-14-33(30,31)17-21)24(29)12-11-19-16-28(20-8-3-2-4-9-20)26-25(19)23-15-18-7-5-6-10-22(18)32-23/h2-12,15-16,21H,13-14,17H2,1H3/b12-11-/t21-/m0/s1. The number of amides is 1. The second kappa shape index (κ2) is 8.37. The molecule has 2 aromatic heterocycles. The fourth-order valence-corrected chi connectivity index (χ4v) is 5.83. The third-order valence-corrected chi connectivity index (χ3v) is 7.68. The van der Waals surface area contributed by atoms with Crippen LogP contribution in [0, 0.1) is 0 Å². The van der Waals surface area contributed by atoms with Gasteiger partial charge in [-0.25, -0.2) is 13.1 Å². The summed E-state index contributed by atoms with van der Waals surface area (Å²) in [5.41, 5.74) is 2.98. The maximum atomic E-state index is 12.8. The van der Waals surface area contributed by atoms with Crippen LogP contribution in [0.3, 0.4) is 0 Å². The Hall–Kier alpha value is -3.65. The Morgan fingerprint density at radius 2 is 1.91 bits per heavy atom. The molecule has 1 aliphatic heterocycles. The fraction of sp³-hybridized carbons (Fsp3) is 0.200. The minimum absolute atomic E-state index is 0.0131. The summed E-state index contributed by atoms with van der Waals surface area (Å²) >= 11 is 0. The molecule has 0 unspecified atom stereocenters. The van der Waals surface area contributed by atoms with Crippen LogP contribution in [0.5, 0.6) is 0 Å². The molecule has 7 nitrogen and oxygen atoms in total. The van der Waals surface area contributed by atoms with Crippen LogP contribution in [-0.4, -0.2) is 53.6 Å². The SMILES string of the molecule is CN(C(=O)/C=C\c1cn(-c2ccccc2)nc1-c1cc2ccccc2o1)[C@H]1CCS(=O)(=O)C1. The van der Waals surface area contributed by atoms with E-state index in [0.29, 0.717) is 17.9 Å². The van der Waals surface area contributed by atoms with Crippen molar-refractivity contribution >= 4 is 32.8 Å². The van der Waals surface area contributed by atoms with Crippen LogP contribution in [0.25, 0.3) is 34.2 Å². The van der Waals surface area contributed by atoms with Crippen LogP contribution in [0.4, 0.5) is 0 Å². The zero-order chi connectivity index (χ0) is 23.0. The van der Waals surface area contributed by atoms with Crippen LogP contribution in [0.15, 0.2) is 77.4 Å². The van der Waals surface area contributed by atoms with E-state index in [1.165, 1.54) is 11.0 Å². The Morgan fingerprint density at radius 3 is 2.64 bits per heavy atom. The van der Waals surface area contributed by atoms with Gasteiger partial charge in [-0.1, -0.05) is 36.4 Å². The molecule has 1 saturated heterocycles. The lowest BCUT2D eigenvalue weighted by Crippen LogP contribution is -2.36. The number of carbonyl (C=O) groups is 1. The molecule has 0 saturated carbocycles. The number of furan rings is 1. The number of hydrogen-bond donors (Lipinski definition) is 0. The first-order valence-corrected chi connectivity index (χ1v) is 12.5. The summed E-state index contributed by atoms with van der Waals surface area (Å²) < 4.78 is 31.3. The number of sulfone groups is 1. The molecule has 2 aromatic carbocycles. The highest BCUT2D eigenvalue weighted by atomic mass is 32.2. The molecule has 0 aliphatic carbocycles. The normalized spacial score (nSPS) is 17.7. The van der Waals surface area contributed by atoms with E-state index in [9.17, 15) is 13.2 Å². The first-order valence-electron chi connectivity index (χ1n) is 10.7. The van der Waals surface area contributed by atoms with Gasteiger partial charge in [-0.15, -0.1) is 0 Å². The van der Waals surface area contributed by atoms with Gasteiger partial charge < -0.3 is 9.32 Å². The number of fused-ring (bicyclic) bond motifs is 1. The zero-order valence-electron chi connectivity index (χ0n) is 18.1. The summed E-state index contributed by atoms with van der Waals surface area (Å²) in [6.07, 6.45) is 5.48. The number of hydrogen-bond acceptors (Lipinski definition) is 5. The second-order valence-corrected chi connectivity index (χ2v) is 10.4. The van der Waals surface area contributed by atoms with Crippen molar-refractivity contribution in [1.82, 2.24) is 14.7 Å². The second-order valence-electron chi connectivity index (χ2n) is 8.20. The molecular formula is C25H23N3O4S. The number of carbonyl (C=O) groups excluding carboxylic acids is 1. The van der Waals surface area contributed by atoms with Gasteiger partial charge in [-0.3, -0.25) is 4.79 Å². The summed E-state index contributed by atoms with van der Waals surface area (Å²) in [5, 5.41) is 5.70. The summed E-state index contributed by atoms with van der Waals surface area (Å²) in [5.74, 6) is 0.492. The number of aromatic nitrogens is 2. The number of likely N-dealkylation sites (N-methyl/N-ethyl adjacent to an activating group) is 1. The summed E-state index contributed by atoms with van der Waals surface area (Å²) in [6.45, 7) is 0. The van der Waals surface area contributed by atoms with Crippen LogP contribution < -0.4 is 0 Å². The van der Waals surface area contributed by atoms with Crippen LogP contribution in [0.1, 0.15) is 12.0 Å². The smallest absolute Gasteiger partial charge is 0.246 e. The first kappa shape index (κ1) is 21.2. The van der Waals surface area contributed by atoms with E-state index in [2.05, 4.69) is 0 Å². The molecule has 0 N–H and O–H groups in total. The third-order valence-electron chi connectivity index (χ3n) is 5.93. The van der Waals surface area contributed by atoms with Crippen LogP contribution in [-0.2, 0) is 14.6 Å². The van der Waals surface area contributed by atoms with E-state index < -0.39 is 9.84 Å². The van der Waals surface area contributed by atoms with Gasteiger partial charge in [0, 0.05) is 36.3 Å². The molecular weight excluding hydrogens is 438 g/mol. The fourth-order valence-electron chi connectivity index (χ4n) is 4.05. The molecule has 0 bridgehead atoms. The van der Waals surface area contributed by atoms with Crippen molar-refractivity contribution < 1.29 is 17.6 Å². The predicted octanol–water partition coefficient (Wildman–Crippen LogP) is 3.94. The van der Waals surface area contributed by atoms with Crippen molar-refractivity contribution in [2.24, 2.45) is 0 Å². The molecule has 33 heavy (non-hydrogen) atoms. The molecule has 8 heteroatoms. The molecule has 168 valence electrons. The lowest BCUT2D eigenvalue weighted by molar-refractivity contribution is -0.126. The number of nitrogens with zero attached hydrogens (tertiary/aromatic N) is 3. The van der Waals surface area contributed by atoms with E-state index in [1.54, 1.807) is 17.8 Å². The Kier molecular flexibility index (Phi) is 5.38. The third kappa shape index (κ3) is 4.34. The summed E-state index contributed by atoms with van der Waals surface area (Å²) in [6, 6.07) is 19.1. The van der Waals surface area contributed by atoms with E-state index in [0.717, 1.165) is 22.2 Å². The first-order chi connectivity index (χ1) is 15.9. The maximum Gasteiger partial charge on any atom is 0.246 e. The highest BCUT2D eigenvalue weighted by Gasteiger charge is 2.32. The van der Waals surface area contributed by atoms with Crippen molar-refractivity contribution in [1.29, 1.82) is 0 Å². The largest absolute Gasteiger partial charge is 0.454 e. The van der Waals surface area contributed by atoms with Gasteiger partial charge in [0.25, 0.3) is 0 Å². The van der Waals surface area contributed by atoms with Crippen molar-refractivity contribution in [3.05, 3.63) is 78.5 Å². The van der Waals surface area contributed by atoms with E-state index in [-0.39, 0.29) is 23.5 Å². The molecule has 0 radical (unpaired) electrons. The molecule has 1 amide bonds. The highest BCUT2D eigenvalue weighted by molar-refractivity contribution is 7.91. The van der Waals surface area contributed by atoms with Crippen LogP contribution in [0.2, 0.25) is 0 Å². The number of benzene rings is 2. The summed E-state index contributed by atoms with van der Waals surface area (Å²) in [7, 11) is -1.42. The minimum Gasteiger partial charge on any atom is -0.454 e. The average Bonchev–Trinajstić information content (AvgIpc) is 3.53. The Bertz CT molecular complexity index is 1420. The Balaban J connectivity index is 1.49. The van der Waals surface area contributed by atoms with Gasteiger partial charge in [-0.05, 0) is 36.8 Å². The molecule has 1 aliphatic rings. The quantitative estimate of drug-likeness (QED) is 0.420. The molecule has 5 rings (SSSR count). The van der Waals surface area contributed by atoms with Crippen molar-refractivity contribution in [2.75, 3.05) is 18.6 Å². The van der Waals surface area contributed by atoms with Crippen molar-refractivity contribution in [2.45, 2.75) is 12.5 Å². The number of para-hydroxylation sites is 2. The lowest BCUT2D eigenvalue weighted by Gasteiger charge is -2.21. The van der Waals surface area contributed by atoms with Gasteiger partial charge in [0.15, 0.2) is 15.6 Å². The minimum atomic E-state index is -3.07. The molecule has 0 spiro atoms. The van der Waals surface area contributed by atoms with Crippen molar-refractivity contribution in [3.8, 4) is 17.1 Å². The van der Waals surface area contributed by atoms with Crippen molar-refractivity contribution in [3.63, 3.8) is 0 Å². The van der Waals surface area contributed by atoms with Crippen LogP contribution >= 0.6 is 0 Å². The van der Waals surface area contributed by atoms with Gasteiger partial charge in [-0.2, -0.15) is 5.10 Å². The van der Waals surface area contributed by atoms with Gasteiger partial charge in [0.05, 0.1) is 17.2 Å². The predicted molar refractivity (Wildman–Crippen MR) is 128 cm³/mol. The van der Waals surface area contributed by atoms with Gasteiger partial charge >= 0.3 is 0 Å². The molecule has 3 heterocycles. The maximum absolute atomic E-state index is 12.8. The topological polar surface area (TPSA) is 85.4 Å². The Labute approximate surface area is 191 Å². The highest BCUT2D eigenvalue weighted by Crippen LogP contribution is 2.30. The molecule has 1 atom stereocenters. The molecule has 4 aromatic rings. The van der Waals surface area contributed by atoms with E-state index >= 15 is 0 Å². The summed E-state index contributed by atoms with van der Waals surface area (Å²) in [4.78, 5) is 14.3. The van der Waals surface area contributed by atoms with Gasteiger partial charge in [0.1, 0.15) is 11.3 Å². The zero-order valence-corrected chi connectivity index (χ0v) is 18.9. The van der Waals surface area contributed by atoms with E-state index in [4.69, 9.17) is 9.52 Å². The number of rotatable bonds is 5. The van der Waals surface area contributed by atoms with E-state index in [1.807, 2.05) is 66.9 Å². The van der Waals surface area contributed by atoms with Gasteiger partial charge in [0.2, 0.25) is 5.91 Å². The monoisotopic (exact) mass is 461 g/mol. The average molecular weight is 462 g/mol. The molecule has 1 fully saturated rings. The lowest BCUT2D eigenvalue weighted by atomic mass is 10.1. The Morgan fingerprint density at radius 1 is 1.15 bits per heavy atom.